The van der Waals surface area contributed by atoms with Crippen LogP contribution in [0.25, 0.3) is 11.4 Å². The van der Waals surface area contributed by atoms with E-state index < -0.39 is 0 Å². The molecule has 0 aliphatic carbocycles. The molecule has 0 atom stereocenters. The molecule has 3 aromatic rings. The molecule has 3 rings (SSSR count). The zero-order valence-electron chi connectivity index (χ0n) is 12.9. The maximum absolute atomic E-state index is 9.11. The van der Waals surface area contributed by atoms with Crippen molar-refractivity contribution in [2.24, 2.45) is 7.05 Å². The molecular weight excluding hydrogens is 314 g/mol. The van der Waals surface area contributed by atoms with Crippen molar-refractivity contribution in [2.75, 3.05) is 0 Å². The molecule has 23 heavy (non-hydrogen) atoms. The Kier molecular flexibility index (Phi) is 4.73. The summed E-state index contributed by atoms with van der Waals surface area (Å²) in [7, 11) is 1.81. The van der Waals surface area contributed by atoms with Crippen molar-refractivity contribution in [2.45, 2.75) is 30.9 Å². The first-order valence-corrected chi connectivity index (χ1v) is 8.23. The van der Waals surface area contributed by atoms with E-state index in [2.05, 4.69) is 39.4 Å². The van der Waals surface area contributed by atoms with Gasteiger partial charge < -0.3 is 14.2 Å². The maximum atomic E-state index is 9.11. The number of thioether (sulfide) groups is 1. The second-order valence-electron chi connectivity index (χ2n) is 4.97. The van der Waals surface area contributed by atoms with Crippen LogP contribution in [-0.2, 0) is 25.8 Å². The van der Waals surface area contributed by atoms with Crippen molar-refractivity contribution in [3.63, 3.8) is 0 Å². The molecule has 0 spiro atoms. The third-order valence-corrected chi connectivity index (χ3v) is 4.48. The van der Waals surface area contributed by atoms with Crippen LogP contribution in [0.4, 0.5) is 0 Å². The summed E-state index contributed by atoms with van der Waals surface area (Å²) in [5.41, 5.74) is 2.21. The van der Waals surface area contributed by atoms with Crippen LogP contribution in [0.5, 0.6) is 0 Å². The number of hydrogen-bond acceptors (Lipinski definition) is 7. The molecule has 0 saturated carbocycles. The molecule has 0 radical (unpaired) electrons. The Bertz CT molecular complexity index is 782. The molecule has 8 heteroatoms. The summed E-state index contributed by atoms with van der Waals surface area (Å²) in [4.78, 5) is 4.40. The number of aliphatic hydroxyl groups is 1. The SMILES string of the molecule is CCc1ccc(-c2noc(CSc3nnc(CO)n3C)n2)cc1. The van der Waals surface area contributed by atoms with Gasteiger partial charge in [0.1, 0.15) is 6.61 Å². The Labute approximate surface area is 137 Å². The number of benzene rings is 1. The van der Waals surface area contributed by atoms with Crippen molar-refractivity contribution in [1.82, 2.24) is 24.9 Å². The highest BCUT2D eigenvalue weighted by molar-refractivity contribution is 7.98. The molecule has 0 aliphatic heterocycles. The van der Waals surface area contributed by atoms with Crippen molar-refractivity contribution in [3.05, 3.63) is 41.5 Å². The molecule has 0 fully saturated rings. The van der Waals surface area contributed by atoms with E-state index in [9.17, 15) is 0 Å². The summed E-state index contributed by atoms with van der Waals surface area (Å²) < 4.78 is 7.02. The lowest BCUT2D eigenvalue weighted by molar-refractivity contribution is 0.266. The van der Waals surface area contributed by atoms with E-state index in [1.807, 2.05) is 19.2 Å². The molecule has 0 amide bonds. The van der Waals surface area contributed by atoms with Gasteiger partial charge in [0.2, 0.25) is 11.7 Å². The van der Waals surface area contributed by atoms with Gasteiger partial charge in [0.25, 0.3) is 0 Å². The molecule has 2 aromatic heterocycles. The maximum Gasteiger partial charge on any atom is 0.237 e. The largest absolute Gasteiger partial charge is 0.388 e. The Morgan fingerprint density at radius 1 is 1.22 bits per heavy atom. The van der Waals surface area contributed by atoms with E-state index in [0.717, 1.165) is 12.0 Å². The Morgan fingerprint density at radius 3 is 2.65 bits per heavy atom. The van der Waals surface area contributed by atoms with E-state index in [0.29, 0.717) is 28.4 Å². The highest BCUT2D eigenvalue weighted by Gasteiger charge is 2.12. The standard InChI is InChI=1S/C15H17N5O2S/c1-3-10-4-6-11(7-5-10)14-16-13(22-19-14)9-23-15-18-17-12(8-21)20(15)2/h4-7,21H,3,8-9H2,1-2H3. The van der Waals surface area contributed by atoms with Gasteiger partial charge in [0.15, 0.2) is 11.0 Å². The predicted molar refractivity (Wildman–Crippen MR) is 85.6 cm³/mol. The fourth-order valence-electron chi connectivity index (χ4n) is 2.05. The fraction of sp³-hybridized carbons (Fsp3) is 0.333. The zero-order chi connectivity index (χ0) is 16.2. The highest BCUT2D eigenvalue weighted by Crippen LogP contribution is 2.22. The van der Waals surface area contributed by atoms with Crippen LogP contribution >= 0.6 is 11.8 Å². The van der Waals surface area contributed by atoms with E-state index in [1.165, 1.54) is 17.3 Å². The molecule has 0 aliphatic rings. The minimum absolute atomic E-state index is 0.136. The summed E-state index contributed by atoms with van der Waals surface area (Å²) in [5, 5.41) is 21.7. The lowest BCUT2D eigenvalue weighted by Gasteiger charge is -1.99. The first kappa shape index (κ1) is 15.7. The lowest BCUT2D eigenvalue weighted by atomic mass is 10.1. The number of rotatable bonds is 6. The summed E-state index contributed by atoms with van der Waals surface area (Å²) >= 11 is 1.43. The van der Waals surface area contributed by atoms with Crippen LogP contribution in [0.3, 0.4) is 0 Å². The first-order chi connectivity index (χ1) is 11.2. The summed E-state index contributed by atoms with van der Waals surface area (Å²) in [6.45, 7) is 1.98. The fourth-order valence-corrected chi connectivity index (χ4v) is 2.82. The van der Waals surface area contributed by atoms with Crippen molar-refractivity contribution in [1.29, 1.82) is 0 Å². The van der Waals surface area contributed by atoms with Crippen molar-refractivity contribution in [3.8, 4) is 11.4 Å². The lowest BCUT2D eigenvalue weighted by Crippen LogP contribution is -1.98. The average Bonchev–Trinajstić information content (AvgIpc) is 3.20. The molecule has 1 N–H and O–H groups in total. The average molecular weight is 331 g/mol. The molecule has 120 valence electrons. The molecule has 0 bridgehead atoms. The monoisotopic (exact) mass is 331 g/mol. The van der Waals surface area contributed by atoms with Crippen molar-refractivity contribution < 1.29 is 9.63 Å². The quantitative estimate of drug-likeness (QED) is 0.693. The summed E-state index contributed by atoms with van der Waals surface area (Å²) in [5.74, 6) is 2.13. The van der Waals surface area contributed by atoms with Crippen LogP contribution in [0.1, 0.15) is 24.2 Å². The zero-order valence-corrected chi connectivity index (χ0v) is 13.7. The Morgan fingerprint density at radius 2 is 2.00 bits per heavy atom. The van der Waals surface area contributed by atoms with Gasteiger partial charge in [-0.15, -0.1) is 10.2 Å². The molecule has 7 nitrogen and oxygen atoms in total. The van der Waals surface area contributed by atoms with Crippen LogP contribution in [-0.4, -0.2) is 30.0 Å². The minimum atomic E-state index is -0.136. The van der Waals surface area contributed by atoms with Gasteiger partial charge in [-0.05, 0) is 12.0 Å². The molecular formula is C15H17N5O2S. The Hall–Kier alpha value is -2.19. The highest BCUT2D eigenvalue weighted by atomic mass is 32.2. The van der Waals surface area contributed by atoms with E-state index in [4.69, 9.17) is 9.63 Å². The summed E-state index contributed by atoms with van der Waals surface area (Å²) in [6, 6.07) is 8.12. The van der Waals surface area contributed by atoms with Gasteiger partial charge in [-0.1, -0.05) is 48.1 Å². The van der Waals surface area contributed by atoms with E-state index >= 15 is 0 Å². The molecule has 1 aromatic carbocycles. The topological polar surface area (TPSA) is 89.9 Å². The van der Waals surface area contributed by atoms with Crippen LogP contribution in [0, 0.1) is 0 Å². The number of nitrogens with zero attached hydrogens (tertiary/aromatic N) is 5. The Balaban J connectivity index is 1.68. The first-order valence-electron chi connectivity index (χ1n) is 7.25. The van der Waals surface area contributed by atoms with Gasteiger partial charge in [-0.3, -0.25) is 0 Å². The number of aromatic nitrogens is 5. The van der Waals surface area contributed by atoms with E-state index in [1.54, 1.807) is 4.57 Å². The molecule has 2 heterocycles. The van der Waals surface area contributed by atoms with Crippen LogP contribution in [0.2, 0.25) is 0 Å². The predicted octanol–water partition coefficient (Wildman–Crippen LogP) is 2.21. The smallest absolute Gasteiger partial charge is 0.237 e. The van der Waals surface area contributed by atoms with Gasteiger partial charge in [0, 0.05) is 12.6 Å². The number of aliphatic hydroxyl groups excluding tert-OH is 1. The number of aryl methyl sites for hydroxylation is 1. The van der Waals surface area contributed by atoms with Crippen molar-refractivity contribution >= 4 is 11.8 Å². The molecule has 0 unspecified atom stereocenters. The van der Waals surface area contributed by atoms with Crippen LogP contribution < -0.4 is 0 Å². The van der Waals surface area contributed by atoms with E-state index in [-0.39, 0.29) is 6.61 Å². The van der Waals surface area contributed by atoms with Gasteiger partial charge in [0.05, 0.1) is 5.75 Å². The third-order valence-electron chi connectivity index (χ3n) is 3.48. The molecule has 0 saturated heterocycles. The van der Waals surface area contributed by atoms with Gasteiger partial charge in [-0.25, -0.2) is 0 Å². The van der Waals surface area contributed by atoms with Gasteiger partial charge >= 0.3 is 0 Å². The van der Waals surface area contributed by atoms with Crippen LogP contribution in [0.15, 0.2) is 33.9 Å². The normalized spacial score (nSPS) is 11.1. The minimum Gasteiger partial charge on any atom is -0.388 e. The van der Waals surface area contributed by atoms with Gasteiger partial charge in [-0.2, -0.15) is 4.98 Å². The third kappa shape index (κ3) is 3.43. The summed E-state index contributed by atoms with van der Waals surface area (Å²) in [6.07, 6.45) is 1.00. The second-order valence-corrected chi connectivity index (χ2v) is 5.91. The number of hydrogen-bond donors (Lipinski definition) is 1. The second kappa shape index (κ2) is 6.93.